The van der Waals surface area contributed by atoms with Crippen molar-refractivity contribution in [2.24, 2.45) is 4.99 Å². The van der Waals surface area contributed by atoms with E-state index in [-0.39, 0.29) is 6.04 Å². The number of thiocarbonyl (C=S) groups is 1. The van der Waals surface area contributed by atoms with Crippen molar-refractivity contribution in [2.45, 2.75) is 25.4 Å². The third kappa shape index (κ3) is 3.55. The van der Waals surface area contributed by atoms with Crippen LogP contribution in [0.25, 0.3) is 0 Å². The Kier molecular flexibility index (Phi) is 5.09. The van der Waals surface area contributed by atoms with Crippen molar-refractivity contribution in [3.63, 3.8) is 0 Å². The zero-order valence-corrected chi connectivity index (χ0v) is 15.9. The Balaban J connectivity index is 1.46. The molecule has 4 nitrogen and oxygen atoms in total. The Labute approximate surface area is 163 Å². The van der Waals surface area contributed by atoms with Crippen molar-refractivity contribution in [2.75, 3.05) is 13.2 Å². The fourth-order valence-corrected chi connectivity index (χ4v) is 3.94. The molecule has 2 aromatic rings. The minimum atomic E-state index is 0.0798. The summed E-state index contributed by atoms with van der Waals surface area (Å²) in [6, 6.07) is 16.9. The van der Waals surface area contributed by atoms with Crippen LogP contribution in [0.3, 0.4) is 0 Å². The standard InChI is InChI=1S/C20H20ClN3OS/c21-17-8-4-7-16-15(17)9-10-18(16)23-19-24(11-12-25-19)20(26)22-13-14-5-2-1-3-6-14/h1-8,18H,9-13H2,(H,22,26). The van der Waals surface area contributed by atoms with Crippen molar-refractivity contribution in [1.82, 2.24) is 10.2 Å². The quantitative estimate of drug-likeness (QED) is 0.807. The van der Waals surface area contributed by atoms with Gasteiger partial charge in [-0.2, -0.15) is 0 Å². The van der Waals surface area contributed by atoms with Crippen molar-refractivity contribution in [3.05, 3.63) is 70.2 Å². The number of fused-ring (bicyclic) bond motifs is 1. The molecule has 6 heteroatoms. The molecule has 1 saturated heterocycles. The molecule has 1 aliphatic carbocycles. The second-order valence-corrected chi connectivity index (χ2v) is 7.21. The highest BCUT2D eigenvalue weighted by Gasteiger charge is 2.29. The first-order valence-corrected chi connectivity index (χ1v) is 9.58. The number of nitrogens with one attached hydrogen (secondary N) is 1. The number of rotatable bonds is 3. The van der Waals surface area contributed by atoms with Crippen LogP contribution in [0, 0.1) is 0 Å². The summed E-state index contributed by atoms with van der Waals surface area (Å²) in [7, 11) is 0. The van der Waals surface area contributed by atoms with E-state index in [0.29, 0.717) is 30.8 Å². The third-order valence-electron chi connectivity index (χ3n) is 4.76. The second-order valence-electron chi connectivity index (χ2n) is 6.42. The van der Waals surface area contributed by atoms with E-state index < -0.39 is 0 Å². The maximum Gasteiger partial charge on any atom is 0.294 e. The fraction of sp³-hybridized carbons (Fsp3) is 0.300. The van der Waals surface area contributed by atoms with E-state index in [1.54, 1.807) is 0 Å². The molecule has 1 unspecified atom stereocenters. The Hall–Kier alpha value is -2.11. The third-order valence-corrected chi connectivity index (χ3v) is 5.48. The van der Waals surface area contributed by atoms with Crippen molar-refractivity contribution >= 4 is 35.0 Å². The molecule has 1 atom stereocenters. The minimum Gasteiger partial charge on any atom is -0.463 e. The summed E-state index contributed by atoms with van der Waals surface area (Å²) in [5.74, 6) is 0. The van der Waals surface area contributed by atoms with E-state index in [2.05, 4.69) is 23.5 Å². The molecule has 26 heavy (non-hydrogen) atoms. The Morgan fingerprint density at radius 1 is 1.23 bits per heavy atom. The topological polar surface area (TPSA) is 36.9 Å². The molecule has 2 aromatic carbocycles. The maximum atomic E-state index is 6.31. The van der Waals surface area contributed by atoms with Gasteiger partial charge < -0.3 is 10.1 Å². The van der Waals surface area contributed by atoms with Crippen LogP contribution in [0.2, 0.25) is 5.02 Å². The number of aliphatic imine (C=N–C) groups is 1. The van der Waals surface area contributed by atoms with Crippen LogP contribution in [0.5, 0.6) is 0 Å². The molecule has 1 heterocycles. The summed E-state index contributed by atoms with van der Waals surface area (Å²) >= 11 is 11.9. The van der Waals surface area contributed by atoms with Gasteiger partial charge in [0.05, 0.1) is 12.6 Å². The first-order chi connectivity index (χ1) is 12.7. The SMILES string of the molecule is S=C(NCc1ccccc1)N1CCOC1=NC1CCc2c(Cl)cccc21. The van der Waals surface area contributed by atoms with Crippen molar-refractivity contribution < 1.29 is 4.74 Å². The van der Waals surface area contributed by atoms with Gasteiger partial charge in [0.2, 0.25) is 0 Å². The summed E-state index contributed by atoms with van der Waals surface area (Å²) < 4.78 is 5.76. The average molecular weight is 386 g/mol. The van der Waals surface area contributed by atoms with Crippen LogP contribution >= 0.6 is 23.8 Å². The van der Waals surface area contributed by atoms with Crippen LogP contribution in [0.1, 0.15) is 29.2 Å². The highest BCUT2D eigenvalue weighted by Crippen LogP contribution is 2.38. The van der Waals surface area contributed by atoms with Crippen molar-refractivity contribution in [3.8, 4) is 0 Å². The van der Waals surface area contributed by atoms with E-state index in [1.807, 2.05) is 35.2 Å². The molecule has 1 N–H and O–H groups in total. The van der Waals surface area contributed by atoms with Crippen LogP contribution in [-0.2, 0) is 17.7 Å². The molecule has 0 radical (unpaired) electrons. The zero-order chi connectivity index (χ0) is 17.9. The molecule has 1 aliphatic heterocycles. The second kappa shape index (κ2) is 7.64. The highest BCUT2D eigenvalue weighted by molar-refractivity contribution is 7.80. The summed E-state index contributed by atoms with van der Waals surface area (Å²) in [4.78, 5) is 6.79. The monoisotopic (exact) mass is 385 g/mol. The van der Waals surface area contributed by atoms with Gasteiger partial charge in [0, 0.05) is 11.6 Å². The maximum absolute atomic E-state index is 6.31. The first-order valence-electron chi connectivity index (χ1n) is 8.79. The molecular formula is C20H20ClN3OS. The van der Waals surface area contributed by atoms with Gasteiger partial charge in [0.1, 0.15) is 6.61 Å². The smallest absolute Gasteiger partial charge is 0.294 e. The molecular weight excluding hydrogens is 366 g/mol. The molecule has 0 amide bonds. The first kappa shape index (κ1) is 17.3. The van der Waals surface area contributed by atoms with E-state index in [4.69, 9.17) is 33.5 Å². The van der Waals surface area contributed by atoms with E-state index in [0.717, 1.165) is 17.9 Å². The molecule has 0 spiro atoms. The molecule has 0 saturated carbocycles. The molecule has 1 fully saturated rings. The van der Waals surface area contributed by atoms with Gasteiger partial charge >= 0.3 is 0 Å². The number of benzene rings is 2. The molecule has 0 bridgehead atoms. The van der Waals surface area contributed by atoms with Crippen LogP contribution in [0.4, 0.5) is 0 Å². The molecule has 4 rings (SSSR count). The Bertz CT molecular complexity index is 840. The predicted octanol–water partition coefficient (Wildman–Crippen LogP) is 4.09. The van der Waals surface area contributed by atoms with Crippen LogP contribution < -0.4 is 5.32 Å². The van der Waals surface area contributed by atoms with E-state index >= 15 is 0 Å². The average Bonchev–Trinajstić information content (AvgIpc) is 3.29. The lowest BCUT2D eigenvalue weighted by Crippen LogP contribution is -2.40. The lowest BCUT2D eigenvalue weighted by molar-refractivity contribution is 0.348. The van der Waals surface area contributed by atoms with Gasteiger partial charge in [-0.3, -0.25) is 4.90 Å². The Morgan fingerprint density at radius 2 is 2.08 bits per heavy atom. The number of halogens is 1. The fourth-order valence-electron chi connectivity index (χ4n) is 3.42. The van der Waals surface area contributed by atoms with Gasteiger partial charge in [-0.25, -0.2) is 4.99 Å². The van der Waals surface area contributed by atoms with Crippen LogP contribution in [-0.4, -0.2) is 29.2 Å². The minimum absolute atomic E-state index is 0.0798. The molecule has 2 aliphatic rings. The lowest BCUT2D eigenvalue weighted by Gasteiger charge is -2.19. The summed E-state index contributed by atoms with van der Waals surface area (Å²) in [5.41, 5.74) is 3.59. The number of hydrogen-bond donors (Lipinski definition) is 1. The highest BCUT2D eigenvalue weighted by atomic mass is 35.5. The van der Waals surface area contributed by atoms with Gasteiger partial charge in [0.25, 0.3) is 6.02 Å². The summed E-state index contributed by atoms with van der Waals surface area (Å²) in [6.45, 7) is 2.00. The molecule has 134 valence electrons. The van der Waals surface area contributed by atoms with Gasteiger partial charge in [-0.1, -0.05) is 54.1 Å². The largest absolute Gasteiger partial charge is 0.463 e. The molecule has 0 aromatic heterocycles. The van der Waals surface area contributed by atoms with E-state index in [9.17, 15) is 0 Å². The lowest BCUT2D eigenvalue weighted by atomic mass is 10.1. The number of hydrogen-bond acceptors (Lipinski definition) is 3. The zero-order valence-electron chi connectivity index (χ0n) is 14.3. The van der Waals surface area contributed by atoms with E-state index in [1.165, 1.54) is 16.7 Å². The van der Waals surface area contributed by atoms with Gasteiger partial charge in [0.15, 0.2) is 5.11 Å². The number of amidine groups is 1. The van der Waals surface area contributed by atoms with Gasteiger partial charge in [-0.15, -0.1) is 0 Å². The normalized spacial score (nSPS) is 20.1. The Morgan fingerprint density at radius 3 is 2.92 bits per heavy atom. The van der Waals surface area contributed by atoms with Crippen LogP contribution in [0.15, 0.2) is 53.5 Å². The van der Waals surface area contributed by atoms with Gasteiger partial charge in [-0.05, 0) is 47.8 Å². The summed E-state index contributed by atoms with van der Waals surface area (Å²) in [5, 5.41) is 4.78. The number of nitrogens with zero attached hydrogens (tertiary/aromatic N) is 2. The van der Waals surface area contributed by atoms with Crippen molar-refractivity contribution in [1.29, 1.82) is 0 Å². The predicted molar refractivity (Wildman–Crippen MR) is 108 cm³/mol. The summed E-state index contributed by atoms with van der Waals surface area (Å²) in [6.07, 6.45) is 1.90. The number of ether oxygens (including phenoxy) is 1.